The van der Waals surface area contributed by atoms with Gasteiger partial charge in [-0.2, -0.15) is 4.98 Å². The van der Waals surface area contributed by atoms with Crippen LogP contribution in [0, 0.1) is 0 Å². The lowest BCUT2D eigenvalue weighted by Crippen LogP contribution is -2.45. The minimum absolute atomic E-state index is 0.0564. The van der Waals surface area contributed by atoms with Gasteiger partial charge in [-0.05, 0) is 54.3 Å². The highest BCUT2D eigenvalue weighted by Gasteiger charge is 2.29. The third-order valence-corrected chi connectivity index (χ3v) is 9.29. The van der Waals surface area contributed by atoms with Crippen LogP contribution < -0.4 is 15.1 Å². The van der Waals surface area contributed by atoms with Crippen molar-refractivity contribution >= 4 is 43.9 Å². The standard InChI is InChI=1S/C27H35FN6O3S/c1-17(2)19-4-5-23(33-11-7-18(8-12-33)38(3,36)37)21-15-30-26(14-20(19)21)31-25-6-10-29-27(32-25)34-13-9-24(35)22(28)16-34/h4-6,10,14-15,17-18,22,24,35H,7-9,11-13,16H2,1-3H3,(H,29,30,31,32). The van der Waals surface area contributed by atoms with Gasteiger partial charge in [-0.1, -0.05) is 19.9 Å². The Labute approximate surface area is 223 Å². The number of piperidine rings is 2. The second-order valence-electron chi connectivity index (χ2n) is 10.6. The van der Waals surface area contributed by atoms with Gasteiger partial charge in [-0.3, -0.25) is 0 Å². The van der Waals surface area contributed by atoms with Crippen molar-refractivity contribution in [1.29, 1.82) is 0 Å². The van der Waals surface area contributed by atoms with Crippen molar-refractivity contribution in [3.63, 3.8) is 0 Å². The van der Waals surface area contributed by atoms with Crippen molar-refractivity contribution in [3.8, 4) is 0 Å². The molecule has 0 spiro atoms. The molecule has 0 aliphatic carbocycles. The van der Waals surface area contributed by atoms with E-state index >= 15 is 0 Å². The number of anilines is 4. The Bertz CT molecular complexity index is 1410. The highest BCUT2D eigenvalue weighted by Crippen LogP contribution is 2.36. The monoisotopic (exact) mass is 542 g/mol. The van der Waals surface area contributed by atoms with Gasteiger partial charge in [0.15, 0.2) is 0 Å². The van der Waals surface area contributed by atoms with E-state index in [0.29, 0.717) is 62.4 Å². The average Bonchev–Trinajstić information content (AvgIpc) is 2.89. The zero-order valence-corrected chi connectivity index (χ0v) is 22.8. The minimum Gasteiger partial charge on any atom is -0.390 e. The zero-order chi connectivity index (χ0) is 27.0. The topological polar surface area (TPSA) is 112 Å². The number of aliphatic hydroxyl groups is 1. The Morgan fingerprint density at radius 1 is 1.03 bits per heavy atom. The normalized spacial score (nSPS) is 21.3. The van der Waals surface area contributed by atoms with Crippen LogP contribution in [0.1, 0.15) is 44.6 Å². The summed E-state index contributed by atoms with van der Waals surface area (Å²) in [6, 6.07) is 8.04. The number of aromatic nitrogens is 3. The van der Waals surface area contributed by atoms with E-state index in [-0.39, 0.29) is 11.8 Å². The van der Waals surface area contributed by atoms with Crippen LogP contribution in [0.5, 0.6) is 0 Å². The van der Waals surface area contributed by atoms with Crippen LogP contribution >= 0.6 is 0 Å². The maximum atomic E-state index is 14.0. The van der Waals surface area contributed by atoms with Crippen molar-refractivity contribution in [1.82, 2.24) is 15.0 Å². The highest BCUT2D eigenvalue weighted by atomic mass is 32.2. The Balaban J connectivity index is 1.41. The number of aliphatic hydroxyl groups excluding tert-OH is 1. The number of rotatable bonds is 6. The summed E-state index contributed by atoms with van der Waals surface area (Å²) >= 11 is 0. The largest absolute Gasteiger partial charge is 0.390 e. The Morgan fingerprint density at radius 3 is 2.45 bits per heavy atom. The molecular weight excluding hydrogens is 507 g/mol. The van der Waals surface area contributed by atoms with Gasteiger partial charge in [-0.25, -0.2) is 22.8 Å². The molecule has 2 fully saturated rings. The number of alkyl halides is 1. The molecule has 2 aliphatic rings. The first-order valence-corrected chi connectivity index (χ1v) is 15.1. The first-order chi connectivity index (χ1) is 18.1. The average molecular weight is 543 g/mol. The highest BCUT2D eigenvalue weighted by molar-refractivity contribution is 7.91. The van der Waals surface area contributed by atoms with E-state index in [1.807, 2.05) is 12.3 Å². The molecule has 0 saturated carbocycles. The number of halogens is 1. The number of fused-ring (bicyclic) bond motifs is 1. The summed E-state index contributed by atoms with van der Waals surface area (Å²) in [5.41, 5.74) is 2.26. The lowest BCUT2D eigenvalue weighted by Gasteiger charge is -2.34. The van der Waals surface area contributed by atoms with Gasteiger partial charge >= 0.3 is 0 Å². The Hall–Kier alpha value is -3.05. The first-order valence-electron chi connectivity index (χ1n) is 13.1. The predicted octanol–water partition coefficient (Wildman–Crippen LogP) is 3.81. The van der Waals surface area contributed by atoms with Gasteiger partial charge in [0, 0.05) is 49.4 Å². The number of pyridine rings is 1. The molecule has 204 valence electrons. The summed E-state index contributed by atoms with van der Waals surface area (Å²) in [5.74, 6) is 1.89. The minimum atomic E-state index is -3.03. The molecule has 0 radical (unpaired) electrons. The molecule has 11 heteroatoms. The second kappa shape index (κ2) is 10.6. The molecule has 5 rings (SSSR count). The van der Waals surface area contributed by atoms with Crippen LogP contribution in [0.25, 0.3) is 10.8 Å². The van der Waals surface area contributed by atoms with E-state index in [0.717, 1.165) is 16.5 Å². The summed E-state index contributed by atoms with van der Waals surface area (Å²) < 4.78 is 38.1. The van der Waals surface area contributed by atoms with Crippen LogP contribution in [0.3, 0.4) is 0 Å². The van der Waals surface area contributed by atoms with Gasteiger partial charge in [0.05, 0.1) is 17.9 Å². The third-order valence-electron chi connectivity index (χ3n) is 7.61. The van der Waals surface area contributed by atoms with Gasteiger partial charge in [0.25, 0.3) is 0 Å². The van der Waals surface area contributed by atoms with Crippen molar-refractivity contribution in [3.05, 3.63) is 42.2 Å². The smallest absolute Gasteiger partial charge is 0.227 e. The number of benzene rings is 1. The van der Waals surface area contributed by atoms with E-state index in [9.17, 15) is 17.9 Å². The molecule has 38 heavy (non-hydrogen) atoms. The summed E-state index contributed by atoms with van der Waals surface area (Å²) in [6.07, 6.45) is 4.12. The molecule has 3 aromatic rings. The van der Waals surface area contributed by atoms with Gasteiger partial charge in [-0.15, -0.1) is 0 Å². The van der Waals surface area contributed by atoms with Gasteiger partial charge in [0.1, 0.15) is 27.6 Å². The first kappa shape index (κ1) is 26.6. The van der Waals surface area contributed by atoms with E-state index in [1.54, 1.807) is 17.2 Å². The Kier molecular flexibility index (Phi) is 7.41. The molecule has 4 heterocycles. The molecule has 2 aliphatic heterocycles. The molecule has 2 atom stereocenters. The number of hydrogen-bond acceptors (Lipinski definition) is 9. The zero-order valence-electron chi connectivity index (χ0n) is 22.0. The lowest BCUT2D eigenvalue weighted by molar-refractivity contribution is 0.0612. The number of sulfone groups is 1. The van der Waals surface area contributed by atoms with E-state index in [4.69, 9.17) is 0 Å². The molecule has 0 amide bonds. The molecular formula is C27H35FN6O3S. The Morgan fingerprint density at radius 2 is 1.76 bits per heavy atom. The lowest BCUT2D eigenvalue weighted by atomic mass is 9.95. The molecule has 2 saturated heterocycles. The SMILES string of the molecule is CC(C)c1ccc(N2CCC(S(C)(=O)=O)CC2)c2cnc(Nc3ccnc(N4CCC(O)C(F)C4)n3)cc12. The van der Waals surface area contributed by atoms with Gasteiger partial charge < -0.3 is 20.2 Å². The van der Waals surface area contributed by atoms with E-state index in [2.05, 4.69) is 51.1 Å². The number of nitrogens with one attached hydrogen (secondary N) is 1. The molecule has 1 aromatic carbocycles. The summed E-state index contributed by atoms with van der Waals surface area (Å²) in [7, 11) is -3.03. The maximum absolute atomic E-state index is 14.0. The molecule has 2 aromatic heterocycles. The molecule has 2 N–H and O–H groups in total. The van der Waals surface area contributed by atoms with Crippen LogP contribution in [-0.2, 0) is 9.84 Å². The summed E-state index contributed by atoms with van der Waals surface area (Å²) in [5, 5.41) is 14.8. The van der Waals surface area contributed by atoms with E-state index < -0.39 is 22.1 Å². The van der Waals surface area contributed by atoms with Crippen molar-refractivity contribution in [2.45, 2.75) is 56.6 Å². The van der Waals surface area contributed by atoms with Gasteiger partial charge in [0.2, 0.25) is 5.95 Å². The molecule has 2 unspecified atom stereocenters. The third kappa shape index (κ3) is 5.54. The van der Waals surface area contributed by atoms with Crippen LogP contribution in [0.15, 0.2) is 36.7 Å². The second-order valence-corrected chi connectivity index (χ2v) is 13.0. The van der Waals surface area contributed by atoms with Crippen LogP contribution in [-0.4, -0.2) is 78.4 Å². The predicted molar refractivity (Wildman–Crippen MR) is 149 cm³/mol. The summed E-state index contributed by atoms with van der Waals surface area (Å²) in [6.45, 7) is 6.23. The van der Waals surface area contributed by atoms with E-state index in [1.165, 1.54) is 11.8 Å². The van der Waals surface area contributed by atoms with Crippen LogP contribution in [0.4, 0.5) is 27.7 Å². The quantitative estimate of drug-likeness (QED) is 0.480. The number of nitrogens with zero attached hydrogens (tertiary/aromatic N) is 5. The molecule has 0 bridgehead atoms. The van der Waals surface area contributed by atoms with Crippen molar-refractivity contribution in [2.75, 3.05) is 47.6 Å². The summed E-state index contributed by atoms with van der Waals surface area (Å²) in [4.78, 5) is 17.5. The fraction of sp³-hybridized carbons (Fsp3) is 0.519. The fourth-order valence-electron chi connectivity index (χ4n) is 5.39. The maximum Gasteiger partial charge on any atom is 0.227 e. The van der Waals surface area contributed by atoms with Crippen LogP contribution in [0.2, 0.25) is 0 Å². The fourth-order valence-corrected chi connectivity index (χ4v) is 6.46. The number of hydrogen-bond donors (Lipinski definition) is 2. The molecule has 9 nitrogen and oxygen atoms in total. The van der Waals surface area contributed by atoms with Crippen molar-refractivity contribution in [2.24, 2.45) is 0 Å². The van der Waals surface area contributed by atoms with Crippen molar-refractivity contribution < 1.29 is 17.9 Å².